The molecule has 8 heteroatoms. The summed E-state index contributed by atoms with van der Waals surface area (Å²) in [6.45, 7) is 11.0. The van der Waals surface area contributed by atoms with E-state index in [0.29, 0.717) is 11.8 Å². The minimum Gasteiger partial charge on any atom is -0.354 e. The minimum atomic E-state index is 0.183. The minimum absolute atomic E-state index is 0.183. The van der Waals surface area contributed by atoms with Crippen molar-refractivity contribution in [2.24, 2.45) is 5.92 Å². The van der Waals surface area contributed by atoms with Crippen LogP contribution in [0, 0.1) is 19.8 Å². The molecular formula is C27H34N6OS. The summed E-state index contributed by atoms with van der Waals surface area (Å²) in [5, 5.41) is 1.09. The number of carbonyl (C=O) groups is 1. The third-order valence-electron chi connectivity index (χ3n) is 7.79. The summed E-state index contributed by atoms with van der Waals surface area (Å²) >= 11 is 1.57. The number of pyridine rings is 1. The first-order chi connectivity index (χ1) is 17.1. The normalized spacial score (nSPS) is 21.6. The Hall–Kier alpha value is -2.58. The lowest BCUT2D eigenvalue weighted by molar-refractivity contribution is 0.0641. The fourth-order valence-electron chi connectivity index (χ4n) is 5.70. The number of thiophene rings is 1. The van der Waals surface area contributed by atoms with Gasteiger partial charge in [-0.25, -0.2) is 15.0 Å². The first-order valence-electron chi connectivity index (χ1n) is 13.0. The van der Waals surface area contributed by atoms with Crippen LogP contribution in [0.1, 0.15) is 58.4 Å². The Labute approximate surface area is 211 Å². The van der Waals surface area contributed by atoms with Crippen molar-refractivity contribution >= 4 is 33.3 Å². The lowest BCUT2D eigenvalue weighted by Gasteiger charge is -2.39. The Balaban J connectivity index is 1.10. The maximum atomic E-state index is 13.6. The summed E-state index contributed by atoms with van der Waals surface area (Å²) in [7, 11) is 0. The van der Waals surface area contributed by atoms with Gasteiger partial charge < -0.3 is 9.80 Å². The molecule has 2 saturated heterocycles. The molecule has 1 aliphatic carbocycles. The highest BCUT2D eigenvalue weighted by atomic mass is 32.1. The highest BCUT2D eigenvalue weighted by Crippen LogP contribution is 2.40. The van der Waals surface area contributed by atoms with Gasteiger partial charge in [-0.3, -0.25) is 9.69 Å². The van der Waals surface area contributed by atoms with Crippen molar-refractivity contribution in [3.63, 3.8) is 0 Å². The zero-order valence-electron chi connectivity index (χ0n) is 20.7. The molecule has 0 N–H and O–H groups in total. The van der Waals surface area contributed by atoms with E-state index in [9.17, 15) is 4.79 Å². The molecule has 0 radical (unpaired) electrons. The second-order valence-corrected chi connectivity index (χ2v) is 11.4. The summed E-state index contributed by atoms with van der Waals surface area (Å²) in [6, 6.07) is 6.12. The number of carbonyl (C=O) groups excluding carboxylic acids is 1. The number of amides is 1. The number of fused-ring (bicyclic) bond motifs is 1. The lowest BCUT2D eigenvalue weighted by atomic mass is 9.96. The number of hydrogen-bond donors (Lipinski definition) is 0. The number of anilines is 1. The monoisotopic (exact) mass is 490 g/mol. The van der Waals surface area contributed by atoms with Crippen molar-refractivity contribution in [1.29, 1.82) is 0 Å². The maximum Gasteiger partial charge on any atom is 0.264 e. The molecule has 3 aromatic rings. The number of hydrogen-bond acceptors (Lipinski definition) is 7. The van der Waals surface area contributed by atoms with Gasteiger partial charge in [-0.2, -0.15) is 0 Å². The van der Waals surface area contributed by atoms with Crippen LogP contribution in [0.25, 0.3) is 10.2 Å². The second-order valence-electron chi connectivity index (χ2n) is 10.4. The van der Waals surface area contributed by atoms with Gasteiger partial charge in [-0.1, -0.05) is 6.07 Å². The molecule has 1 atom stereocenters. The zero-order valence-corrected chi connectivity index (χ0v) is 21.6. The van der Waals surface area contributed by atoms with Gasteiger partial charge in [-0.15, -0.1) is 11.3 Å². The van der Waals surface area contributed by atoms with Crippen LogP contribution >= 0.6 is 11.3 Å². The van der Waals surface area contributed by atoms with Gasteiger partial charge in [0, 0.05) is 63.3 Å². The largest absolute Gasteiger partial charge is 0.354 e. The molecule has 2 aliphatic heterocycles. The van der Waals surface area contributed by atoms with E-state index in [1.807, 2.05) is 12.3 Å². The summed E-state index contributed by atoms with van der Waals surface area (Å²) < 4.78 is 0. The Morgan fingerprint density at radius 3 is 2.63 bits per heavy atom. The fourth-order valence-corrected chi connectivity index (χ4v) is 6.90. The van der Waals surface area contributed by atoms with Crippen molar-refractivity contribution in [3.05, 3.63) is 46.4 Å². The van der Waals surface area contributed by atoms with E-state index in [0.717, 1.165) is 90.2 Å². The second kappa shape index (κ2) is 9.47. The van der Waals surface area contributed by atoms with E-state index in [1.165, 1.54) is 19.3 Å². The first kappa shape index (κ1) is 22.9. The first-order valence-corrected chi connectivity index (χ1v) is 13.8. The quantitative estimate of drug-likeness (QED) is 0.533. The van der Waals surface area contributed by atoms with Gasteiger partial charge in [0.15, 0.2) is 0 Å². The number of aryl methyl sites for hydroxylation is 2. The number of rotatable bonds is 5. The number of aromatic nitrogens is 3. The van der Waals surface area contributed by atoms with E-state index < -0.39 is 0 Å². The molecule has 7 nitrogen and oxygen atoms in total. The molecule has 3 aromatic heterocycles. The van der Waals surface area contributed by atoms with Gasteiger partial charge in [0.2, 0.25) is 0 Å². The fraction of sp³-hybridized carbons (Fsp3) is 0.556. The van der Waals surface area contributed by atoms with Crippen LogP contribution in [0.3, 0.4) is 0 Å². The molecular weight excluding hydrogens is 456 g/mol. The molecule has 6 rings (SSSR count). The van der Waals surface area contributed by atoms with E-state index in [2.05, 4.69) is 45.7 Å². The summed E-state index contributed by atoms with van der Waals surface area (Å²) in [6.07, 6.45) is 6.53. The van der Waals surface area contributed by atoms with Crippen molar-refractivity contribution in [2.75, 3.05) is 50.7 Å². The van der Waals surface area contributed by atoms with Crippen LogP contribution in [0.2, 0.25) is 0 Å². The van der Waals surface area contributed by atoms with E-state index in [4.69, 9.17) is 9.97 Å². The van der Waals surface area contributed by atoms with Crippen LogP contribution in [-0.2, 0) is 0 Å². The highest BCUT2D eigenvalue weighted by Gasteiger charge is 2.31. The van der Waals surface area contributed by atoms with Gasteiger partial charge in [-0.05, 0) is 63.1 Å². The predicted molar refractivity (Wildman–Crippen MR) is 140 cm³/mol. The highest BCUT2D eigenvalue weighted by molar-refractivity contribution is 7.20. The van der Waals surface area contributed by atoms with Crippen molar-refractivity contribution < 1.29 is 4.79 Å². The van der Waals surface area contributed by atoms with Gasteiger partial charge in [0.25, 0.3) is 5.91 Å². The van der Waals surface area contributed by atoms with E-state index in [-0.39, 0.29) is 5.91 Å². The smallest absolute Gasteiger partial charge is 0.264 e. The van der Waals surface area contributed by atoms with Gasteiger partial charge in [0.1, 0.15) is 16.5 Å². The predicted octanol–water partition coefficient (Wildman–Crippen LogP) is 4.25. The Kier molecular flexibility index (Phi) is 6.18. The summed E-state index contributed by atoms with van der Waals surface area (Å²) in [5.74, 6) is 3.28. The molecule has 3 aliphatic rings. The molecule has 1 amide bonds. The maximum absolute atomic E-state index is 13.6. The SMILES string of the molecule is Cc1nc(C2CC2)nc2sc(C(=O)N3CCCC(CN4CCN(c5ccccn5)CC4)C3)c(C)c12. The standard InChI is InChI=1S/C27H34N6OS/c1-18-23-19(2)29-25(21-8-9-21)30-26(23)35-24(18)27(34)33-11-5-6-20(17-33)16-31-12-14-32(15-13-31)22-7-3-4-10-28-22/h3-4,7,10,20-21H,5-6,8-9,11-17H2,1-2H3. The van der Waals surface area contributed by atoms with Crippen LogP contribution in [0.15, 0.2) is 24.4 Å². The number of piperazine rings is 1. The average Bonchev–Trinajstić information content (AvgIpc) is 3.68. The summed E-state index contributed by atoms with van der Waals surface area (Å²) in [4.78, 5) is 36.6. The molecule has 35 heavy (non-hydrogen) atoms. The topological polar surface area (TPSA) is 65.5 Å². The zero-order chi connectivity index (χ0) is 23.9. The molecule has 184 valence electrons. The molecule has 1 unspecified atom stereocenters. The van der Waals surface area contributed by atoms with Crippen LogP contribution < -0.4 is 4.90 Å². The molecule has 0 spiro atoms. The Morgan fingerprint density at radius 1 is 1.06 bits per heavy atom. The Morgan fingerprint density at radius 2 is 1.89 bits per heavy atom. The third kappa shape index (κ3) is 4.66. The third-order valence-corrected chi connectivity index (χ3v) is 8.97. The van der Waals surface area contributed by atoms with Crippen molar-refractivity contribution in [3.8, 4) is 0 Å². The average molecular weight is 491 g/mol. The summed E-state index contributed by atoms with van der Waals surface area (Å²) in [5.41, 5.74) is 2.08. The molecule has 5 heterocycles. The Bertz CT molecular complexity index is 1220. The number of piperidine rings is 1. The lowest BCUT2D eigenvalue weighted by Crippen LogP contribution is -2.50. The molecule has 1 saturated carbocycles. The van der Waals surface area contributed by atoms with Crippen LogP contribution in [0.4, 0.5) is 5.82 Å². The van der Waals surface area contributed by atoms with Crippen LogP contribution in [0.5, 0.6) is 0 Å². The van der Waals surface area contributed by atoms with Gasteiger partial charge >= 0.3 is 0 Å². The van der Waals surface area contributed by atoms with E-state index >= 15 is 0 Å². The van der Waals surface area contributed by atoms with E-state index in [1.54, 1.807) is 11.3 Å². The van der Waals surface area contributed by atoms with Gasteiger partial charge in [0.05, 0.1) is 10.6 Å². The van der Waals surface area contributed by atoms with Crippen molar-refractivity contribution in [1.82, 2.24) is 24.8 Å². The molecule has 0 aromatic carbocycles. The number of likely N-dealkylation sites (tertiary alicyclic amines) is 1. The van der Waals surface area contributed by atoms with Crippen molar-refractivity contribution in [2.45, 2.75) is 45.4 Å². The van der Waals surface area contributed by atoms with Crippen LogP contribution in [-0.4, -0.2) is 76.5 Å². The molecule has 0 bridgehead atoms. The number of nitrogens with zero attached hydrogens (tertiary/aromatic N) is 6. The molecule has 3 fully saturated rings.